The van der Waals surface area contributed by atoms with Crippen molar-refractivity contribution in [2.24, 2.45) is 10.8 Å². The average Bonchev–Trinajstić information content (AvgIpc) is 3.23. The van der Waals surface area contributed by atoms with Crippen molar-refractivity contribution in [3.05, 3.63) is 46.3 Å². The zero-order valence-corrected chi connectivity index (χ0v) is 22.2. The molecule has 0 saturated heterocycles. The van der Waals surface area contributed by atoms with E-state index in [2.05, 4.69) is 10.1 Å². The van der Waals surface area contributed by atoms with E-state index in [0.29, 0.717) is 0 Å². The van der Waals surface area contributed by atoms with Gasteiger partial charge in [0.2, 0.25) is 0 Å². The van der Waals surface area contributed by atoms with Crippen molar-refractivity contribution in [3.8, 4) is 0 Å². The number of pyridine rings is 1. The fourth-order valence-electron chi connectivity index (χ4n) is 4.65. The number of Topliss-reactive ketones (excluding diaryl/α,β-unsaturated/α-hetero) is 1. The summed E-state index contributed by atoms with van der Waals surface area (Å²) < 4.78 is 57.9. The summed E-state index contributed by atoms with van der Waals surface area (Å²) in [6.45, 7) is 5.89. The summed E-state index contributed by atoms with van der Waals surface area (Å²) in [4.78, 5) is 42.5. The summed E-state index contributed by atoms with van der Waals surface area (Å²) >= 11 is 5.93. The first-order chi connectivity index (χ1) is 17.4. The number of nitrogens with zero attached hydrogens (tertiary/aromatic N) is 4. The lowest BCUT2D eigenvalue weighted by Crippen LogP contribution is -2.42. The lowest BCUT2D eigenvalue weighted by atomic mass is 9.74. The van der Waals surface area contributed by atoms with Gasteiger partial charge < -0.3 is 10.0 Å². The Hall–Kier alpha value is -3.02. The van der Waals surface area contributed by atoms with Crippen LogP contribution in [-0.2, 0) is 11.0 Å². The number of alkyl halides is 3. The molecule has 0 spiro atoms. The zero-order valence-electron chi connectivity index (χ0n) is 21.4. The van der Waals surface area contributed by atoms with Crippen molar-refractivity contribution in [2.75, 3.05) is 13.1 Å². The molecule has 1 aliphatic carbocycles. The molecule has 38 heavy (non-hydrogen) atoms. The molecule has 2 aromatic heterocycles. The van der Waals surface area contributed by atoms with Gasteiger partial charge in [-0.25, -0.2) is 4.39 Å². The van der Waals surface area contributed by atoms with Crippen LogP contribution in [0.3, 0.4) is 0 Å². The normalized spacial score (nSPS) is 20.3. The van der Waals surface area contributed by atoms with Gasteiger partial charge in [0.1, 0.15) is 0 Å². The molecule has 13 heteroatoms. The molecule has 0 aromatic carbocycles. The second-order valence-corrected chi connectivity index (χ2v) is 11.5. The van der Waals surface area contributed by atoms with Crippen molar-refractivity contribution in [2.45, 2.75) is 65.6 Å². The van der Waals surface area contributed by atoms with Crippen LogP contribution in [0.2, 0.25) is 5.02 Å². The quantitative estimate of drug-likeness (QED) is 0.346. The highest BCUT2D eigenvalue weighted by Gasteiger charge is 2.45. The predicted octanol–water partition coefficient (Wildman–Crippen LogP) is 5.67. The van der Waals surface area contributed by atoms with Crippen molar-refractivity contribution < 1.29 is 37.1 Å². The summed E-state index contributed by atoms with van der Waals surface area (Å²) in [7, 11) is 0. The molecule has 2 aromatic rings. The van der Waals surface area contributed by atoms with Crippen LogP contribution in [-0.4, -0.2) is 55.5 Å². The largest absolute Gasteiger partial charge is 0.481 e. The first-order valence-corrected chi connectivity index (χ1v) is 12.3. The molecule has 0 radical (unpaired) electrons. The Kier molecular flexibility index (Phi) is 8.26. The summed E-state index contributed by atoms with van der Waals surface area (Å²) in [6.07, 6.45) is -1.76. The van der Waals surface area contributed by atoms with Gasteiger partial charge in [0.05, 0.1) is 46.5 Å². The average molecular weight is 561 g/mol. The number of ketones is 1. The van der Waals surface area contributed by atoms with E-state index in [1.165, 1.54) is 0 Å². The highest BCUT2D eigenvalue weighted by molar-refractivity contribution is 6.34. The van der Waals surface area contributed by atoms with Gasteiger partial charge in [-0.1, -0.05) is 32.4 Å². The summed E-state index contributed by atoms with van der Waals surface area (Å²) in [5.74, 6) is -4.02. The standard InChI is InChI=1S/C25H29ClF4N4O4/c1-23(2,3)13-33(12-18(35)19-16(26)10-31-11-17(19)27)21(36)15-9-32-34(20(15)25(28,29)30)14-5-7-24(4,8-6-14)22(37)38/h9-11,14H,5-8,12-13H2,1-4H3,(H,37,38). The molecular weight excluding hydrogens is 532 g/mol. The maximum atomic E-state index is 14.3. The van der Waals surface area contributed by atoms with Gasteiger partial charge in [0.25, 0.3) is 5.91 Å². The Bertz CT molecular complexity index is 1210. The Balaban J connectivity index is 1.98. The van der Waals surface area contributed by atoms with Crippen LogP contribution in [0, 0.1) is 16.6 Å². The number of carboxylic acids is 1. The van der Waals surface area contributed by atoms with E-state index in [1.54, 1.807) is 27.7 Å². The van der Waals surface area contributed by atoms with Crippen LogP contribution >= 0.6 is 11.6 Å². The minimum atomic E-state index is -4.97. The number of carboxylic acid groups (broad SMARTS) is 1. The van der Waals surface area contributed by atoms with E-state index in [-0.39, 0.29) is 37.3 Å². The van der Waals surface area contributed by atoms with Crippen LogP contribution < -0.4 is 0 Å². The molecule has 0 aliphatic heterocycles. The lowest BCUT2D eigenvalue weighted by molar-refractivity contribution is -0.152. The van der Waals surface area contributed by atoms with Gasteiger partial charge in [0, 0.05) is 12.7 Å². The maximum Gasteiger partial charge on any atom is 0.433 e. The van der Waals surface area contributed by atoms with Crippen LogP contribution in [0.25, 0.3) is 0 Å². The Morgan fingerprint density at radius 3 is 2.26 bits per heavy atom. The van der Waals surface area contributed by atoms with Crippen molar-refractivity contribution in [3.63, 3.8) is 0 Å². The van der Waals surface area contributed by atoms with Gasteiger partial charge in [-0.05, 0) is 38.0 Å². The van der Waals surface area contributed by atoms with Gasteiger partial charge in [-0.15, -0.1) is 0 Å². The maximum absolute atomic E-state index is 14.3. The SMILES string of the molecule is CC(C)(C)CN(CC(=O)c1c(F)cncc1Cl)C(=O)c1cnn(C2CCC(C)(C(=O)O)CC2)c1C(F)(F)F. The number of aliphatic carboxylic acids is 1. The van der Waals surface area contributed by atoms with Gasteiger partial charge in [-0.2, -0.15) is 18.3 Å². The van der Waals surface area contributed by atoms with Gasteiger partial charge in [0.15, 0.2) is 17.3 Å². The molecule has 0 atom stereocenters. The summed E-state index contributed by atoms with van der Waals surface area (Å²) in [5, 5.41) is 13.0. The molecule has 2 heterocycles. The number of rotatable bonds is 7. The molecular formula is C25H29ClF4N4O4. The minimum absolute atomic E-state index is 0.120. The molecule has 1 saturated carbocycles. The van der Waals surface area contributed by atoms with E-state index in [9.17, 15) is 37.1 Å². The predicted molar refractivity (Wildman–Crippen MR) is 129 cm³/mol. The summed E-state index contributed by atoms with van der Waals surface area (Å²) in [5.41, 5.74) is -4.21. The fourth-order valence-corrected chi connectivity index (χ4v) is 4.90. The number of aromatic nitrogens is 3. The molecule has 208 valence electrons. The van der Waals surface area contributed by atoms with E-state index >= 15 is 0 Å². The second-order valence-electron chi connectivity index (χ2n) is 11.1. The topological polar surface area (TPSA) is 105 Å². The summed E-state index contributed by atoms with van der Waals surface area (Å²) in [6, 6.07) is -0.761. The van der Waals surface area contributed by atoms with E-state index < -0.39 is 69.9 Å². The highest BCUT2D eigenvalue weighted by Crippen LogP contribution is 2.43. The molecule has 1 fully saturated rings. The van der Waals surface area contributed by atoms with E-state index in [4.69, 9.17) is 11.6 Å². The third kappa shape index (κ3) is 6.33. The van der Waals surface area contributed by atoms with Crippen molar-refractivity contribution in [1.29, 1.82) is 0 Å². The molecule has 8 nitrogen and oxygen atoms in total. The molecule has 1 amide bonds. The molecule has 1 N–H and O–H groups in total. The van der Waals surface area contributed by atoms with Crippen LogP contribution in [0.15, 0.2) is 18.6 Å². The van der Waals surface area contributed by atoms with Crippen molar-refractivity contribution in [1.82, 2.24) is 19.7 Å². The Labute approximate surface area is 222 Å². The molecule has 0 unspecified atom stereocenters. The highest BCUT2D eigenvalue weighted by atomic mass is 35.5. The second kappa shape index (κ2) is 10.6. The number of carbonyl (C=O) groups excluding carboxylic acids is 2. The third-order valence-electron chi connectivity index (χ3n) is 6.63. The smallest absolute Gasteiger partial charge is 0.433 e. The van der Waals surface area contributed by atoms with Crippen LogP contribution in [0.4, 0.5) is 17.6 Å². The molecule has 1 aliphatic rings. The molecule has 0 bridgehead atoms. The minimum Gasteiger partial charge on any atom is -0.481 e. The Morgan fingerprint density at radius 1 is 1.16 bits per heavy atom. The Morgan fingerprint density at radius 2 is 1.76 bits per heavy atom. The lowest BCUT2D eigenvalue weighted by Gasteiger charge is -2.34. The van der Waals surface area contributed by atoms with Crippen LogP contribution in [0.1, 0.15) is 85.8 Å². The first kappa shape index (κ1) is 29.5. The van der Waals surface area contributed by atoms with Crippen molar-refractivity contribution >= 4 is 29.3 Å². The fraction of sp³-hybridized carbons (Fsp3) is 0.560. The number of amides is 1. The van der Waals surface area contributed by atoms with Gasteiger partial charge >= 0.3 is 12.1 Å². The molecule has 3 rings (SSSR count). The monoisotopic (exact) mass is 560 g/mol. The number of hydrogen-bond donors (Lipinski definition) is 1. The van der Waals surface area contributed by atoms with E-state index in [1.807, 2.05) is 0 Å². The van der Waals surface area contributed by atoms with Gasteiger partial charge in [-0.3, -0.25) is 24.0 Å². The third-order valence-corrected chi connectivity index (χ3v) is 6.92. The zero-order chi connectivity index (χ0) is 28.6. The van der Waals surface area contributed by atoms with Crippen LogP contribution in [0.5, 0.6) is 0 Å². The number of halogens is 5. The van der Waals surface area contributed by atoms with E-state index in [0.717, 1.165) is 28.2 Å². The number of hydrogen-bond acceptors (Lipinski definition) is 5. The number of carbonyl (C=O) groups is 3. The first-order valence-electron chi connectivity index (χ1n) is 11.9.